The first-order chi connectivity index (χ1) is 35.8. The lowest BCUT2D eigenvalue weighted by molar-refractivity contribution is -0.137. The molecule has 4 aromatic heterocycles. The van der Waals surface area contributed by atoms with Gasteiger partial charge in [0.25, 0.3) is 0 Å². The van der Waals surface area contributed by atoms with Crippen molar-refractivity contribution in [3.8, 4) is 56.7 Å². The summed E-state index contributed by atoms with van der Waals surface area (Å²) in [6, 6.07) is 50.4. The summed E-state index contributed by atoms with van der Waals surface area (Å²) < 4.78 is 47.5. The summed E-state index contributed by atoms with van der Waals surface area (Å²) in [7, 11) is 0. The van der Waals surface area contributed by atoms with Gasteiger partial charge >= 0.3 is 6.18 Å². The summed E-state index contributed by atoms with van der Waals surface area (Å²) >= 11 is 0. The Bertz CT molecular complexity index is 3880. The minimum Gasteiger partial charge on any atom is -0.309 e. The highest BCUT2D eigenvalue weighted by molar-refractivity contribution is 6.11. The van der Waals surface area contributed by atoms with Crippen LogP contribution in [0.4, 0.5) is 13.2 Å². The Labute approximate surface area is 443 Å². The third-order valence-corrected chi connectivity index (χ3v) is 14.9. The second-order valence-corrected chi connectivity index (χ2v) is 24.5. The molecule has 0 aliphatic heterocycles. The first kappa shape index (κ1) is 50.3. The summed E-state index contributed by atoms with van der Waals surface area (Å²) in [5.41, 5.74) is 12.6. The van der Waals surface area contributed by atoms with Crippen molar-refractivity contribution in [2.45, 2.75) is 111 Å². The Balaban J connectivity index is 1.23. The number of hydrogen-bond acceptors (Lipinski definition) is 4. The van der Waals surface area contributed by atoms with E-state index < -0.39 is 11.7 Å². The lowest BCUT2D eigenvalue weighted by Crippen LogP contribution is -2.17. The highest BCUT2D eigenvalue weighted by Crippen LogP contribution is 2.44. The molecular weight excluding hydrogens is 946 g/mol. The van der Waals surface area contributed by atoms with E-state index in [0.29, 0.717) is 33.8 Å². The first-order valence-corrected chi connectivity index (χ1v) is 26.1. The molecule has 0 saturated carbocycles. The number of nitrogens with zero attached hydrogens (tertiary/aromatic N) is 6. The van der Waals surface area contributed by atoms with Gasteiger partial charge in [-0.3, -0.25) is 4.98 Å². The van der Waals surface area contributed by atoms with Gasteiger partial charge in [0.05, 0.1) is 39.0 Å². The van der Waals surface area contributed by atoms with E-state index in [1.54, 1.807) is 12.3 Å². The van der Waals surface area contributed by atoms with Crippen molar-refractivity contribution in [2.24, 2.45) is 0 Å². The normalized spacial score (nSPS) is 12.9. The van der Waals surface area contributed by atoms with Gasteiger partial charge in [0.15, 0.2) is 17.5 Å². The molecule has 9 heteroatoms. The molecule has 0 unspecified atom stereocenters. The van der Waals surface area contributed by atoms with Gasteiger partial charge < -0.3 is 9.13 Å². The minimum atomic E-state index is -4.51. The molecule has 4 heterocycles. The van der Waals surface area contributed by atoms with Crippen LogP contribution in [-0.2, 0) is 27.8 Å². The zero-order valence-electron chi connectivity index (χ0n) is 45.4. The number of fused-ring (bicyclic) bond motifs is 6. The number of aromatic nitrogens is 6. The number of rotatable bonds is 6. The van der Waals surface area contributed by atoms with Gasteiger partial charge in [0.1, 0.15) is 0 Å². The van der Waals surface area contributed by atoms with Gasteiger partial charge in [-0.1, -0.05) is 150 Å². The van der Waals surface area contributed by atoms with Crippen molar-refractivity contribution in [1.29, 1.82) is 0 Å². The van der Waals surface area contributed by atoms with E-state index in [1.165, 1.54) is 34.4 Å². The summed E-state index contributed by atoms with van der Waals surface area (Å²) in [6.07, 6.45) is -0.911. The molecule has 0 aliphatic rings. The van der Waals surface area contributed by atoms with Crippen LogP contribution in [0.15, 0.2) is 164 Å². The second kappa shape index (κ2) is 17.9. The molecule has 0 radical (unpaired) electrons. The van der Waals surface area contributed by atoms with Crippen molar-refractivity contribution in [3.05, 3.63) is 192 Å². The standard InChI is InChI=1S/C67H63F3N6/c1-63(2,3)44-31-41(32-45(36-44)64(4,5)6)61-72-60(73-62(74-61)42-33-46(65(7,8)9)37-47(34-42)66(10,11)12)40-25-27-57(75-54-22-16-13-19-48(54)49-20-14-17-23-55(49)75)51(35-40)53-39-71-30-29-59(53)76-56-24-18-15-21-50(56)52-38-43(67(68,69)70)26-28-58(52)76/h13-39H,1-12H3. The third-order valence-electron chi connectivity index (χ3n) is 14.9. The second-order valence-electron chi connectivity index (χ2n) is 24.5. The number of pyridine rings is 1. The smallest absolute Gasteiger partial charge is 0.309 e. The van der Waals surface area contributed by atoms with Gasteiger partial charge in [0, 0.05) is 61.8 Å². The molecule has 382 valence electrons. The van der Waals surface area contributed by atoms with Gasteiger partial charge in [0.2, 0.25) is 0 Å². The SMILES string of the molecule is CC(C)(C)c1cc(-c2nc(-c3cc(C(C)(C)C)cc(C(C)(C)C)c3)nc(-c3ccc(-n4c5ccccc5c5ccccc54)c(-c4cnccc4-n4c5ccccc5c5cc(C(F)(F)F)ccc54)c3)n2)cc(C(C)(C)C)c1. The zero-order valence-corrected chi connectivity index (χ0v) is 45.4. The van der Waals surface area contributed by atoms with Crippen LogP contribution in [0.25, 0.3) is 100 Å². The average Bonchev–Trinajstić information content (AvgIpc) is 3.93. The molecule has 0 atom stereocenters. The monoisotopic (exact) mass is 1010 g/mol. The third kappa shape index (κ3) is 9.03. The molecule has 0 fully saturated rings. The molecule has 0 saturated heterocycles. The number of benzene rings is 7. The molecule has 0 spiro atoms. The molecule has 11 rings (SSSR count). The number of para-hydroxylation sites is 3. The van der Waals surface area contributed by atoms with Gasteiger partial charge in [-0.15, -0.1) is 0 Å². The fourth-order valence-electron chi connectivity index (χ4n) is 10.5. The van der Waals surface area contributed by atoms with E-state index in [1.807, 2.05) is 36.5 Å². The predicted molar refractivity (Wildman–Crippen MR) is 308 cm³/mol. The highest BCUT2D eigenvalue weighted by atomic mass is 19.4. The lowest BCUT2D eigenvalue weighted by atomic mass is 9.79. The van der Waals surface area contributed by atoms with Crippen LogP contribution < -0.4 is 0 Å². The van der Waals surface area contributed by atoms with Crippen LogP contribution in [0.2, 0.25) is 0 Å². The first-order valence-electron chi connectivity index (χ1n) is 26.1. The fraction of sp³-hybridized carbons (Fsp3) is 0.254. The summed E-state index contributed by atoms with van der Waals surface area (Å²) in [5.74, 6) is 1.62. The quantitative estimate of drug-likeness (QED) is 0.167. The minimum absolute atomic E-state index is 0.159. The zero-order chi connectivity index (χ0) is 53.9. The van der Waals surface area contributed by atoms with E-state index >= 15 is 0 Å². The molecule has 0 amide bonds. The maximum atomic E-state index is 14.4. The van der Waals surface area contributed by atoms with Crippen molar-refractivity contribution in [2.75, 3.05) is 0 Å². The summed E-state index contributed by atoms with van der Waals surface area (Å²) in [6.45, 7) is 26.8. The average molecular weight is 1010 g/mol. The Morgan fingerprint density at radius 2 is 0.737 bits per heavy atom. The van der Waals surface area contributed by atoms with Crippen molar-refractivity contribution >= 4 is 43.6 Å². The predicted octanol–water partition coefficient (Wildman–Crippen LogP) is 18.3. The summed E-state index contributed by atoms with van der Waals surface area (Å²) in [5, 5.41) is 3.43. The molecule has 76 heavy (non-hydrogen) atoms. The molecule has 6 nitrogen and oxygen atoms in total. The lowest BCUT2D eigenvalue weighted by Gasteiger charge is -2.26. The molecule has 0 aliphatic carbocycles. The molecule has 11 aromatic rings. The van der Waals surface area contributed by atoms with E-state index in [0.717, 1.165) is 66.5 Å². The van der Waals surface area contributed by atoms with Crippen molar-refractivity contribution in [3.63, 3.8) is 0 Å². The van der Waals surface area contributed by atoms with E-state index in [4.69, 9.17) is 19.9 Å². The topological polar surface area (TPSA) is 61.4 Å². The Morgan fingerprint density at radius 3 is 1.17 bits per heavy atom. The van der Waals surface area contributed by atoms with Gasteiger partial charge in [-0.2, -0.15) is 13.2 Å². The van der Waals surface area contributed by atoms with E-state index in [2.05, 4.69) is 195 Å². The Hall–Kier alpha value is -7.91. The number of halogens is 3. The van der Waals surface area contributed by atoms with Crippen molar-refractivity contribution in [1.82, 2.24) is 29.1 Å². The Morgan fingerprint density at radius 1 is 0.342 bits per heavy atom. The molecule has 0 N–H and O–H groups in total. The van der Waals surface area contributed by atoms with Crippen LogP contribution in [0, 0.1) is 0 Å². The number of hydrogen-bond donors (Lipinski definition) is 0. The van der Waals surface area contributed by atoms with Crippen molar-refractivity contribution < 1.29 is 13.2 Å². The molecular formula is C67H63F3N6. The molecule has 0 bridgehead atoms. The summed E-state index contributed by atoms with van der Waals surface area (Å²) in [4.78, 5) is 21.1. The van der Waals surface area contributed by atoms with E-state index in [-0.39, 0.29) is 21.7 Å². The van der Waals surface area contributed by atoms with Crippen LogP contribution in [-0.4, -0.2) is 29.1 Å². The van der Waals surface area contributed by atoms with Crippen LogP contribution in [0.1, 0.15) is 111 Å². The van der Waals surface area contributed by atoms with Crippen LogP contribution in [0.3, 0.4) is 0 Å². The Kier molecular flexibility index (Phi) is 11.8. The van der Waals surface area contributed by atoms with Crippen LogP contribution >= 0.6 is 0 Å². The van der Waals surface area contributed by atoms with E-state index in [9.17, 15) is 13.2 Å². The van der Waals surface area contributed by atoms with Gasteiger partial charge in [-0.25, -0.2) is 15.0 Å². The fourth-order valence-corrected chi connectivity index (χ4v) is 10.5. The largest absolute Gasteiger partial charge is 0.416 e. The maximum absolute atomic E-state index is 14.4. The maximum Gasteiger partial charge on any atom is 0.416 e. The molecule has 7 aromatic carbocycles. The van der Waals surface area contributed by atoms with Crippen LogP contribution in [0.5, 0.6) is 0 Å². The highest BCUT2D eigenvalue weighted by Gasteiger charge is 2.32. The van der Waals surface area contributed by atoms with Gasteiger partial charge in [-0.05, 0) is 129 Å². The number of alkyl halides is 3.